The first-order valence-electron chi connectivity index (χ1n) is 3.55. The fraction of sp³-hybridized carbons (Fsp3) is 0.625. The van der Waals surface area contributed by atoms with E-state index in [-0.39, 0.29) is 0 Å². The van der Waals surface area contributed by atoms with Crippen molar-refractivity contribution < 1.29 is 4.79 Å². The Hall–Kier alpha value is -0.590. The molecule has 0 aromatic rings. The topological polar surface area (TPSA) is 17.1 Å². The van der Waals surface area contributed by atoms with E-state index in [0.29, 0.717) is 6.42 Å². The highest BCUT2D eigenvalue weighted by atomic mass is 16.1. The summed E-state index contributed by atoms with van der Waals surface area (Å²) in [6, 6.07) is 0. The average molecular weight is 124 g/mol. The molecule has 0 heterocycles. The number of carbonyl (C=O) groups is 1. The van der Waals surface area contributed by atoms with Crippen LogP contribution >= 0.6 is 0 Å². The van der Waals surface area contributed by atoms with Gasteiger partial charge in [0, 0.05) is 6.42 Å². The van der Waals surface area contributed by atoms with Crippen molar-refractivity contribution in [3.05, 3.63) is 11.6 Å². The SMILES string of the molecule is O=CCC1=CCCCC1. The van der Waals surface area contributed by atoms with Gasteiger partial charge in [-0.3, -0.25) is 0 Å². The van der Waals surface area contributed by atoms with Gasteiger partial charge in [0.25, 0.3) is 0 Å². The molecular formula is C8H12O. The third kappa shape index (κ3) is 2.00. The lowest BCUT2D eigenvalue weighted by atomic mass is 9.98. The number of hydrogen-bond acceptors (Lipinski definition) is 1. The first-order chi connectivity index (χ1) is 4.43. The molecule has 0 saturated heterocycles. The van der Waals surface area contributed by atoms with Gasteiger partial charge in [0.05, 0.1) is 0 Å². The van der Waals surface area contributed by atoms with Gasteiger partial charge in [-0.25, -0.2) is 0 Å². The van der Waals surface area contributed by atoms with Crippen LogP contribution in [0, 0.1) is 0 Å². The summed E-state index contributed by atoms with van der Waals surface area (Å²) in [7, 11) is 0. The Balaban J connectivity index is 2.36. The Morgan fingerprint density at radius 1 is 1.56 bits per heavy atom. The monoisotopic (exact) mass is 124 g/mol. The largest absolute Gasteiger partial charge is 0.303 e. The molecule has 1 rings (SSSR count). The van der Waals surface area contributed by atoms with Crippen molar-refractivity contribution in [3.8, 4) is 0 Å². The van der Waals surface area contributed by atoms with E-state index in [9.17, 15) is 4.79 Å². The summed E-state index contributed by atoms with van der Waals surface area (Å²) in [5.74, 6) is 0. The molecule has 1 nitrogen and oxygen atoms in total. The zero-order valence-electron chi connectivity index (χ0n) is 5.60. The van der Waals surface area contributed by atoms with Crippen LogP contribution in [-0.2, 0) is 4.79 Å². The van der Waals surface area contributed by atoms with Crippen molar-refractivity contribution in [2.24, 2.45) is 0 Å². The van der Waals surface area contributed by atoms with Gasteiger partial charge in [-0.05, 0) is 25.7 Å². The minimum atomic E-state index is 0.667. The Bertz CT molecular complexity index is 125. The minimum absolute atomic E-state index is 0.667. The minimum Gasteiger partial charge on any atom is -0.303 e. The standard InChI is InChI=1S/C8H12O/c9-7-6-8-4-2-1-3-5-8/h4,7H,1-3,5-6H2. The van der Waals surface area contributed by atoms with Gasteiger partial charge in [-0.1, -0.05) is 11.6 Å². The summed E-state index contributed by atoms with van der Waals surface area (Å²) in [6.07, 6.45) is 8.79. The fourth-order valence-electron chi connectivity index (χ4n) is 1.20. The molecule has 1 aliphatic rings. The van der Waals surface area contributed by atoms with E-state index in [0.717, 1.165) is 12.7 Å². The fourth-order valence-corrected chi connectivity index (χ4v) is 1.20. The molecule has 0 amide bonds. The molecule has 0 aromatic heterocycles. The number of aldehydes is 1. The highest BCUT2D eigenvalue weighted by molar-refractivity contribution is 5.54. The summed E-state index contributed by atoms with van der Waals surface area (Å²) in [5.41, 5.74) is 1.34. The molecule has 0 saturated carbocycles. The number of allylic oxidation sites excluding steroid dienone is 2. The van der Waals surface area contributed by atoms with Gasteiger partial charge in [-0.15, -0.1) is 0 Å². The van der Waals surface area contributed by atoms with E-state index in [2.05, 4.69) is 6.08 Å². The first kappa shape index (κ1) is 6.53. The second-order valence-corrected chi connectivity index (χ2v) is 2.48. The average Bonchev–Trinajstić information content (AvgIpc) is 1.91. The van der Waals surface area contributed by atoms with Gasteiger partial charge in [-0.2, -0.15) is 0 Å². The number of carbonyl (C=O) groups excluding carboxylic acids is 1. The number of rotatable bonds is 2. The van der Waals surface area contributed by atoms with Crippen LogP contribution in [-0.4, -0.2) is 6.29 Å². The maximum Gasteiger partial charge on any atom is 0.124 e. The molecule has 0 N–H and O–H groups in total. The van der Waals surface area contributed by atoms with Gasteiger partial charge < -0.3 is 4.79 Å². The van der Waals surface area contributed by atoms with Gasteiger partial charge >= 0.3 is 0 Å². The maximum absolute atomic E-state index is 10.0. The van der Waals surface area contributed by atoms with Crippen molar-refractivity contribution >= 4 is 6.29 Å². The second kappa shape index (κ2) is 3.44. The lowest BCUT2D eigenvalue weighted by Gasteiger charge is -2.08. The summed E-state index contributed by atoms with van der Waals surface area (Å²) >= 11 is 0. The lowest BCUT2D eigenvalue weighted by Crippen LogP contribution is -1.91. The van der Waals surface area contributed by atoms with Crippen LogP contribution in [0.1, 0.15) is 32.1 Å². The summed E-state index contributed by atoms with van der Waals surface area (Å²) in [5, 5.41) is 0. The highest BCUT2D eigenvalue weighted by Crippen LogP contribution is 2.18. The van der Waals surface area contributed by atoms with E-state index >= 15 is 0 Å². The van der Waals surface area contributed by atoms with E-state index in [4.69, 9.17) is 0 Å². The number of hydrogen-bond donors (Lipinski definition) is 0. The predicted octanol–water partition coefficient (Wildman–Crippen LogP) is 2.08. The van der Waals surface area contributed by atoms with Crippen molar-refractivity contribution in [3.63, 3.8) is 0 Å². The summed E-state index contributed by atoms with van der Waals surface area (Å²) < 4.78 is 0. The van der Waals surface area contributed by atoms with Crippen LogP contribution in [0.15, 0.2) is 11.6 Å². The van der Waals surface area contributed by atoms with Crippen LogP contribution in [0.25, 0.3) is 0 Å². The molecule has 1 aliphatic carbocycles. The van der Waals surface area contributed by atoms with E-state index in [1.54, 1.807) is 0 Å². The second-order valence-electron chi connectivity index (χ2n) is 2.48. The molecular weight excluding hydrogens is 112 g/mol. The Kier molecular flexibility index (Phi) is 2.49. The lowest BCUT2D eigenvalue weighted by molar-refractivity contribution is -0.107. The van der Waals surface area contributed by atoms with Gasteiger partial charge in [0.2, 0.25) is 0 Å². The van der Waals surface area contributed by atoms with Crippen molar-refractivity contribution in [1.82, 2.24) is 0 Å². The Morgan fingerprint density at radius 2 is 2.44 bits per heavy atom. The smallest absolute Gasteiger partial charge is 0.124 e. The molecule has 0 aliphatic heterocycles. The van der Waals surface area contributed by atoms with Crippen LogP contribution in [0.3, 0.4) is 0 Å². The molecule has 0 atom stereocenters. The van der Waals surface area contributed by atoms with Crippen LogP contribution in [0.5, 0.6) is 0 Å². The van der Waals surface area contributed by atoms with Crippen molar-refractivity contribution in [2.75, 3.05) is 0 Å². The third-order valence-electron chi connectivity index (χ3n) is 1.73. The summed E-state index contributed by atoms with van der Waals surface area (Å²) in [6.45, 7) is 0. The van der Waals surface area contributed by atoms with E-state index in [1.165, 1.54) is 24.8 Å². The maximum atomic E-state index is 10.0. The van der Waals surface area contributed by atoms with Gasteiger partial charge in [0.1, 0.15) is 6.29 Å². The van der Waals surface area contributed by atoms with Gasteiger partial charge in [0.15, 0.2) is 0 Å². The third-order valence-corrected chi connectivity index (χ3v) is 1.73. The highest BCUT2D eigenvalue weighted by Gasteiger charge is 2.00. The van der Waals surface area contributed by atoms with Crippen LogP contribution in [0.4, 0.5) is 0 Å². The molecule has 0 bridgehead atoms. The van der Waals surface area contributed by atoms with Crippen LogP contribution in [0.2, 0.25) is 0 Å². The molecule has 50 valence electrons. The summed E-state index contributed by atoms with van der Waals surface area (Å²) in [4.78, 5) is 10.0. The van der Waals surface area contributed by atoms with Crippen LogP contribution < -0.4 is 0 Å². The molecule has 0 unspecified atom stereocenters. The van der Waals surface area contributed by atoms with Crippen molar-refractivity contribution in [2.45, 2.75) is 32.1 Å². The zero-order valence-corrected chi connectivity index (χ0v) is 5.60. The molecule has 0 fully saturated rings. The molecule has 0 spiro atoms. The molecule has 0 radical (unpaired) electrons. The molecule has 9 heavy (non-hydrogen) atoms. The zero-order chi connectivity index (χ0) is 6.53. The predicted molar refractivity (Wildman–Crippen MR) is 37.2 cm³/mol. The first-order valence-corrected chi connectivity index (χ1v) is 3.55. The Labute approximate surface area is 55.8 Å². The molecule has 1 heteroatoms. The Morgan fingerprint density at radius 3 is 3.00 bits per heavy atom. The van der Waals surface area contributed by atoms with E-state index in [1.807, 2.05) is 0 Å². The normalized spacial score (nSPS) is 18.9. The molecule has 0 aromatic carbocycles. The quantitative estimate of drug-likeness (QED) is 0.407. The van der Waals surface area contributed by atoms with Crippen molar-refractivity contribution in [1.29, 1.82) is 0 Å². The van der Waals surface area contributed by atoms with E-state index < -0.39 is 0 Å².